The molecule has 0 spiro atoms. The molecule has 7 heteroatoms. The van der Waals surface area contributed by atoms with E-state index in [-0.39, 0.29) is 5.38 Å². The Hall–Kier alpha value is -0.850. The molecule has 0 amide bonds. The largest absolute Gasteiger partial charge is 0.306 e. The van der Waals surface area contributed by atoms with Gasteiger partial charge in [-0.05, 0) is 48.1 Å². The van der Waals surface area contributed by atoms with Crippen molar-refractivity contribution in [1.82, 2.24) is 19.3 Å². The van der Waals surface area contributed by atoms with Crippen LogP contribution in [0.5, 0.6) is 0 Å². The molecule has 4 nitrogen and oxygen atoms in total. The first kappa shape index (κ1) is 15.1. The molecule has 1 atom stereocenters. The molecule has 0 saturated heterocycles. The van der Waals surface area contributed by atoms with E-state index in [1.54, 1.807) is 11.3 Å². The number of imidazole rings is 1. The van der Waals surface area contributed by atoms with Gasteiger partial charge >= 0.3 is 0 Å². The number of hydrogen-bond acceptors (Lipinski definition) is 3. The molecular weight excluding hydrogens is 372 g/mol. The van der Waals surface area contributed by atoms with E-state index >= 15 is 0 Å². The van der Waals surface area contributed by atoms with Crippen molar-refractivity contribution >= 4 is 50.0 Å². The van der Waals surface area contributed by atoms with Crippen molar-refractivity contribution in [2.24, 2.45) is 0 Å². The maximum atomic E-state index is 6.34. The van der Waals surface area contributed by atoms with Crippen molar-refractivity contribution in [2.75, 3.05) is 0 Å². The molecule has 3 heterocycles. The van der Waals surface area contributed by atoms with Crippen LogP contribution in [-0.4, -0.2) is 19.3 Å². The first-order valence-corrected chi connectivity index (χ1v) is 8.93. The fourth-order valence-corrected chi connectivity index (χ4v) is 4.14. The molecule has 3 aromatic heterocycles. The number of alkyl halides is 1. The molecule has 1 unspecified atom stereocenters. The van der Waals surface area contributed by atoms with Crippen LogP contribution in [0.1, 0.15) is 35.6 Å². The van der Waals surface area contributed by atoms with Crippen LogP contribution < -0.4 is 0 Å². The Labute approximate surface area is 140 Å². The minimum atomic E-state index is -0.138. The summed E-state index contributed by atoms with van der Waals surface area (Å²) in [6.07, 6.45) is 0. The predicted molar refractivity (Wildman–Crippen MR) is 91.3 cm³/mol. The lowest BCUT2D eigenvalue weighted by molar-refractivity contribution is 0.634. The molecule has 0 saturated carbocycles. The molecular formula is C14H16BrClN4S. The van der Waals surface area contributed by atoms with Gasteiger partial charge < -0.3 is 4.57 Å². The fourth-order valence-electron chi connectivity index (χ4n) is 2.50. The Morgan fingerprint density at radius 2 is 2.24 bits per heavy atom. The number of aromatic nitrogens is 4. The van der Waals surface area contributed by atoms with Crippen LogP contribution in [-0.2, 0) is 13.1 Å². The number of halogens is 2. The Bertz CT molecular complexity index is 786. The maximum Gasteiger partial charge on any atom is 0.159 e. The number of rotatable bonds is 4. The predicted octanol–water partition coefficient (Wildman–Crippen LogP) is 4.73. The minimum absolute atomic E-state index is 0.138. The Morgan fingerprint density at radius 3 is 2.81 bits per heavy atom. The number of aryl methyl sites for hydroxylation is 2. The topological polar surface area (TPSA) is 35.6 Å². The second-order valence-corrected chi connectivity index (χ2v) is 7.45. The maximum absolute atomic E-state index is 6.34. The van der Waals surface area contributed by atoms with Gasteiger partial charge in [-0.25, -0.2) is 9.67 Å². The summed E-state index contributed by atoms with van der Waals surface area (Å²) >= 11 is 11.7. The minimum Gasteiger partial charge on any atom is -0.306 e. The van der Waals surface area contributed by atoms with Crippen LogP contribution in [0, 0.1) is 6.92 Å². The molecule has 0 aromatic carbocycles. The first-order valence-electron chi connectivity index (χ1n) is 6.82. The summed E-state index contributed by atoms with van der Waals surface area (Å²) in [6, 6.07) is 2.07. The molecule has 0 fully saturated rings. The summed E-state index contributed by atoms with van der Waals surface area (Å²) in [6.45, 7) is 7.62. The van der Waals surface area contributed by atoms with Crippen LogP contribution in [0.3, 0.4) is 0 Å². The molecule has 0 aliphatic rings. The average molecular weight is 388 g/mol. The van der Waals surface area contributed by atoms with Gasteiger partial charge in [-0.2, -0.15) is 5.10 Å². The standard InChI is InChI=1S/C14H16BrClN4S/c1-4-20-14-12(9(3)18-20)17-13(8(2)16)19(14)7-11-10(15)5-6-21-11/h5-6,8H,4,7H2,1-3H3. The van der Waals surface area contributed by atoms with Gasteiger partial charge in [0.2, 0.25) is 0 Å². The SMILES string of the molecule is CCn1nc(C)c2nc(C(C)Cl)n(Cc3sccc3Br)c21. The third kappa shape index (κ3) is 2.53. The van der Waals surface area contributed by atoms with Gasteiger partial charge in [-0.3, -0.25) is 0 Å². The van der Waals surface area contributed by atoms with Crippen molar-refractivity contribution in [3.63, 3.8) is 0 Å². The Balaban J connectivity index is 2.22. The quantitative estimate of drug-likeness (QED) is 0.606. The summed E-state index contributed by atoms with van der Waals surface area (Å²) in [7, 11) is 0. The second-order valence-electron chi connectivity index (χ2n) is 4.94. The van der Waals surface area contributed by atoms with Crippen LogP contribution >= 0.6 is 38.9 Å². The summed E-state index contributed by atoms with van der Waals surface area (Å²) in [5.41, 5.74) is 2.96. The highest BCUT2D eigenvalue weighted by Crippen LogP contribution is 2.30. The van der Waals surface area contributed by atoms with Gasteiger partial charge in [0.05, 0.1) is 17.6 Å². The molecule has 112 valence electrons. The van der Waals surface area contributed by atoms with Gasteiger partial charge in [0.1, 0.15) is 11.3 Å². The van der Waals surface area contributed by atoms with Crippen molar-refractivity contribution in [3.05, 3.63) is 32.3 Å². The van der Waals surface area contributed by atoms with Crippen LogP contribution in [0.15, 0.2) is 15.9 Å². The summed E-state index contributed by atoms with van der Waals surface area (Å²) in [4.78, 5) is 5.99. The van der Waals surface area contributed by atoms with Gasteiger partial charge in [-0.1, -0.05) is 0 Å². The van der Waals surface area contributed by atoms with E-state index in [1.807, 2.05) is 18.5 Å². The monoisotopic (exact) mass is 386 g/mol. The molecule has 0 N–H and O–H groups in total. The third-order valence-electron chi connectivity index (χ3n) is 3.48. The smallest absolute Gasteiger partial charge is 0.159 e. The van der Waals surface area contributed by atoms with E-state index < -0.39 is 0 Å². The molecule has 3 aromatic rings. The summed E-state index contributed by atoms with van der Waals surface area (Å²) in [5.74, 6) is 0.898. The van der Waals surface area contributed by atoms with Crippen LogP contribution in [0.4, 0.5) is 0 Å². The van der Waals surface area contributed by atoms with E-state index in [0.29, 0.717) is 0 Å². The Kier molecular flexibility index (Phi) is 4.12. The van der Waals surface area contributed by atoms with Gasteiger partial charge in [0.15, 0.2) is 5.65 Å². The average Bonchev–Trinajstić information content (AvgIpc) is 3.08. The number of nitrogens with zero attached hydrogens (tertiary/aromatic N) is 4. The number of fused-ring (bicyclic) bond motifs is 1. The van der Waals surface area contributed by atoms with Crippen molar-refractivity contribution in [3.8, 4) is 0 Å². The van der Waals surface area contributed by atoms with Crippen molar-refractivity contribution in [2.45, 2.75) is 39.2 Å². The highest BCUT2D eigenvalue weighted by molar-refractivity contribution is 9.10. The zero-order chi connectivity index (χ0) is 15.1. The molecule has 0 aliphatic carbocycles. The second kappa shape index (κ2) is 5.74. The van der Waals surface area contributed by atoms with E-state index in [4.69, 9.17) is 16.6 Å². The molecule has 0 radical (unpaired) electrons. The van der Waals surface area contributed by atoms with E-state index in [0.717, 1.165) is 40.2 Å². The first-order chi connectivity index (χ1) is 10.0. The highest BCUT2D eigenvalue weighted by atomic mass is 79.9. The lowest BCUT2D eigenvalue weighted by atomic mass is 10.4. The van der Waals surface area contributed by atoms with Crippen molar-refractivity contribution in [1.29, 1.82) is 0 Å². The number of thiophene rings is 1. The summed E-state index contributed by atoms with van der Waals surface area (Å²) in [5, 5.41) is 6.51. The van der Waals surface area contributed by atoms with E-state index in [9.17, 15) is 0 Å². The highest BCUT2D eigenvalue weighted by Gasteiger charge is 2.21. The molecule has 0 bridgehead atoms. The van der Waals surface area contributed by atoms with Gasteiger partial charge in [-0.15, -0.1) is 22.9 Å². The van der Waals surface area contributed by atoms with Crippen molar-refractivity contribution < 1.29 is 0 Å². The van der Waals surface area contributed by atoms with Gasteiger partial charge in [0, 0.05) is 15.9 Å². The summed E-state index contributed by atoms with van der Waals surface area (Å²) < 4.78 is 5.32. The van der Waals surface area contributed by atoms with E-state index in [2.05, 4.69) is 44.0 Å². The van der Waals surface area contributed by atoms with Crippen LogP contribution in [0.25, 0.3) is 11.2 Å². The lowest BCUT2D eigenvalue weighted by Crippen LogP contribution is -2.09. The fraction of sp³-hybridized carbons (Fsp3) is 0.429. The zero-order valence-electron chi connectivity index (χ0n) is 12.1. The lowest BCUT2D eigenvalue weighted by Gasteiger charge is -2.11. The number of hydrogen-bond donors (Lipinski definition) is 0. The van der Waals surface area contributed by atoms with Gasteiger partial charge in [0.25, 0.3) is 0 Å². The van der Waals surface area contributed by atoms with E-state index in [1.165, 1.54) is 4.88 Å². The normalized spacial score (nSPS) is 13.2. The molecule has 21 heavy (non-hydrogen) atoms. The molecule has 3 rings (SSSR count). The Morgan fingerprint density at radius 1 is 1.48 bits per heavy atom. The van der Waals surface area contributed by atoms with Crippen LogP contribution in [0.2, 0.25) is 0 Å². The zero-order valence-corrected chi connectivity index (χ0v) is 15.3. The molecule has 0 aliphatic heterocycles. The third-order valence-corrected chi connectivity index (χ3v) is 5.58.